The lowest BCUT2D eigenvalue weighted by atomic mass is 9.99. The van der Waals surface area contributed by atoms with Crippen molar-refractivity contribution in [3.8, 4) is 5.75 Å². The summed E-state index contributed by atoms with van der Waals surface area (Å²) in [4.78, 5) is 18.9. The minimum Gasteiger partial charge on any atom is -0.478 e. The molecule has 5 rings (SSSR count). The maximum Gasteiger partial charge on any atom is 0.239 e. The Labute approximate surface area is 212 Å². The van der Waals surface area contributed by atoms with Crippen molar-refractivity contribution < 1.29 is 18.3 Å². The van der Waals surface area contributed by atoms with E-state index in [2.05, 4.69) is 10.3 Å². The summed E-state index contributed by atoms with van der Waals surface area (Å²) < 4.78 is 26.0. The van der Waals surface area contributed by atoms with E-state index in [9.17, 15) is 9.18 Å². The highest BCUT2D eigenvalue weighted by atomic mass is 35.5. The van der Waals surface area contributed by atoms with E-state index in [1.807, 2.05) is 11.0 Å². The third kappa shape index (κ3) is 4.46. The van der Waals surface area contributed by atoms with Crippen LogP contribution in [0.15, 0.2) is 35.1 Å². The summed E-state index contributed by atoms with van der Waals surface area (Å²) in [7, 11) is 0. The molecule has 1 amide bonds. The Bertz CT molecular complexity index is 1320. The zero-order valence-electron chi connectivity index (χ0n) is 19.1. The molecule has 0 unspecified atom stereocenters. The molecular weight excluding hydrogens is 494 g/mol. The number of carbonyl (C=O) groups excluding carboxylic acids is 1. The van der Waals surface area contributed by atoms with Crippen LogP contribution in [0.3, 0.4) is 0 Å². The molecule has 3 N–H and O–H groups in total. The Morgan fingerprint density at radius 1 is 1.40 bits per heavy atom. The fourth-order valence-corrected chi connectivity index (χ4v) is 5.40. The molecule has 10 heteroatoms. The number of hydrogen-bond donors (Lipinski definition) is 2. The number of aromatic nitrogens is 1. The molecule has 2 aliphatic heterocycles. The van der Waals surface area contributed by atoms with Gasteiger partial charge in [0.05, 0.1) is 22.7 Å². The van der Waals surface area contributed by atoms with E-state index in [-0.39, 0.29) is 33.6 Å². The first-order valence-corrected chi connectivity index (χ1v) is 12.3. The highest BCUT2D eigenvalue weighted by Gasteiger charge is 2.29. The fourth-order valence-electron chi connectivity index (χ4n) is 4.72. The molecular formula is C25H25Cl2FN4O3. The van der Waals surface area contributed by atoms with Crippen LogP contribution in [0.2, 0.25) is 10.0 Å². The number of anilines is 1. The predicted octanol–water partition coefficient (Wildman–Crippen LogP) is 5.36. The number of hydrogen-bond acceptors (Lipinski definition) is 6. The van der Waals surface area contributed by atoms with Crippen molar-refractivity contribution in [2.45, 2.75) is 38.3 Å². The minimum absolute atomic E-state index is 0.0753. The summed E-state index contributed by atoms with van der Waals surface area (Å²) in [5.74, 6) is -0.0688. The molecule has 2 atom stereocenters. The second kappa shape index (κ2) is 9.68. The number of nitrogens with two attached hydrogens (primary N) is 1. The second-order valence-corrected chi connectivity index (χ2v) is 9.58. The summed E-state index contributed by atoms with van der Waals surface area (Å²) in [5.41, 5.74) is 8.80. The van der Waals surface area contributed by atoms with Crippen LogP contribution in [-0.2, 0) is 4.79 Å². The van der Waals surface area contributed by atoms with Gasteiger partial charge in [0.25, 0.3) is 0 Å². The topological polar surface area (TPSA) is 93.6 Å². The second-order valence-electron chi connectivity index (χ2n) is 8.79. The third-order valence-electron chi connectivity index (χ3n) is 6.61. The van der Waals surface area contributed by atoms with Crippen molar-refractivity contribution >= 4 is 51.5 Å². The average Bonchev–Trinajstić information content (AvgIpc) is 3.54. The van der Waals surface area contributed by atoms with Crippen molar-refractivity contribution in [3.63, 3.8) is 0 Å². The number of halogens is 3. The normalized spacial score (nSPS) is 19.1. The summed E-state index contributed by atoms with van der Waals surface area (Å²) in [6, 6.07) is 2.55. The third-order valence-corrected chi connectivity index (χ3v) is 7.32. The standard InChI is InChI=1S/C25H25Cl2FN4O3/c1-13(20-17(26)4-5-18(28)21(20)27)35-23-22-15(11-31-24(23)29)16(12-34-22)14-6-9-32(10-7-14)25(33)19-3-2-8-30-19/h4-6,11-13,19,30H,2-3,7-10H2,1H3,(H2,29,31)/t13-,19-/m1/s1. The van der Waals surface area contributed by atoms with Gasteiger partial charge in [-0.1, -0.05) is 29.3 Å². The van der Waals surface area contributed by atoms with Crippen LogP contribution in [0.4, 0.5) is 10.2 Å². The number of ether oxygens (including phenoxy) is 1. The molecule has 0 spiro atoms. The SMILES string of the molecule is C[C@@H](Oc1c(N)ncc2c(C3=CCN(C(=O)[C@H]4CCCN4)CC3)coc12)c1c(Cl)ccc(F)c1Cl. The molecule has 1 fully saturated rings. The molecule has 0 saturated carbocycles. The summed E-state index contributed by atoms with van der Waals surface area (Å²) in [5, 5.41) is 4.18. The summed E-state index contributed by atoms with van der Waals surface area (Å²) in [6.45, 7) is 3.76. The van der Waals surface area contributed by atoms with E-state index in [1.165, 1.54) is 12.1 Å². The molecule has 0 radical (unpaired) electrons. The lowest BCUT2D eigenvalue weighted by molar-refractivity contribution is -0.132. The molecule has 0 bridgehead atoms. The van der Waals surface area contributed by atoms with Gasteiger partial charge in [-0.2, -0.15) is 0 Å². The van der Waals surface area contributed by atoms with E-state index in [0.717, 1.165) is 35.9 Å². The quantitative estimate of drug-likeness (QED) is 0.441. The average molecular weight is 519 g/mol. The number of pyridine rings is 1. The highest BCUT2D eigenvalue weighted by Crippen LogP contribution is 2.41. The van der Waals surface area contributed by atoms with Crippen LogP contribution < -0.4 is 15.8 Å². The molecule has 1 saturated heterocycles. The van der Waals surface area contributed by atoms with Crippen LogP contribution in [0.1, 0.15) is 43.4 Å². The number of rotatable bonds is 5. The van der Waals surface area contributed by atoms with E-state index < -0.39 is 11.9 Å². The van der Waals surface area contributed by atoms with Gasteiger partial charge in [0.1, 0.15) is 11.9 Å². The van der Waals surface area contributed by atoms with E-state index >= 15 is 0 Å². The van der Waals surface area contributed by atoms with Gasteiger partial charge in [-0.25, -0.2) is 9.37 Å². The molecule has 2 aromatic heterocycles. The van der Waals surface area contributed by atoms with Gasteiger partial charge < -0.3 is 25.1 Å². The van der Waals surface area contributed by atoms with Crippen molar-refractivity contribution in [3.05, 3.63) is 57.7 Å². The predicted molar refractivity (Wildman–Crippen MR) is 134 cm³/mol. The molecule has 35 heavy (non-hydrogen) atoms. The Morgan fingerprint density at radius 2 is 2.23 bits per heavy atom. The Morgan fingerprint density at radius 3 is 2.94 bits per heavy atom. The first-order valence-electron chi connectivity index (χ1n) is 11.5. The van der Waals surface area contributed by atoms with Crippen molar-refractivity contribution in [1.29, 1.82) is 0 Å². The number of amides is 1. The van der Waals surface area contributed by atoms with Gasteiger partial charge >= 0.3 is 0 Å². The minimum atomic E-state index is -0.716. The summed E-state index contributed by atoms with van der Waals surface area (Å²) in [6.07, 6.45) is 7.23. The lowest BCUT2D eigenvalue weighted by Crippen LogP contribution is -2.45. The van der Waals surface area contributed by atoms with Gasteiger partial charge in [-0.15, -0.1) is 0 Å². The monoisotopic (exact) mass is 518 g/mol. The van der Waals surface area contributed by atoms with Gasteiger partial charge in [-0.05, 0) is 50.4 Å². The van der Waals surface area contributed by atoms with Crippen LogP contribution >= 0.6 is 23.2 Å². The zero-order valence-corrected chi connectivity index (χ0v) is 20.6. The van der Waals surface area contributed by atoms with Crippen molar-refractivity contribution in [2.24, 2.45) is 0 Å². The first-order chi connectivity index (χ1) is 16.8. The maximum absolute atomic E-state index is 14.0. The van der Waals surface area contributed by atoms with Crippen LogP contribution in [0.25, 0.3) is 16.5 Å². The van der Waals surface area contributed by atoms with Crippen LogP contribution in [0, 0.1) is 5.82 Å². The van der Waals surface area contributed by atoms with Crippen molar-refractivity contribution in [1.82, 2.24) is 15.2 Å². The van der Waals surface area contributed by atoms with Crippen LogP contribution in [-0.4, -0.2) is 41.5 Å². The smallest absolute Gasteiger partial charge is 0.239 e. The zero-order chi connectivity index (χ0) is 24.7. The lowest BCUT2D eigenvalue weighted by Gasteiger charge is -2.28. The van der Waals surface area contributed by atoms with Gasteiger partial charge in [0.2, 0.25) is 11.7 Å². The molecule has 3 aromatic rings. The van der Waals surface area contributed by atoms with Gasteiger partial charge in [0.15, 0.2) is 11.4 Å². The number of furan rings is 1. The highest BCUT2D eigenvalue weighted by molar-refractivity contribution is 6.36. The summed E-state index contributed by atoms with van der Waals surface area (Å²) >= 11 is 12.4. The molecule has 184 valence electrons. The largest absolute Gasteiger partial charge is 0.478 e. The maximum atomic E-state index is 14.0. The van der Waals surface area contributed by atoms with Gasteiger partial charge in [-0.3, -0.25) is 4.79 Å². The fraction of sp³-hybridized carbons (Fsp3) is 0.360. The van der Waals surface area contributed by atoms with Gasteiger partial charge in [0, 0.05) is 35.4 Å². The number of nitrogens with one attached hydrogen (secondary N) is 1. The number of nitrogen functional groups attached to an aromatic ring is 1. The number of nitrogens with zero attached hydrogens (tertiary/aromatic N) is 2. The first kappa shape index (κ1) is 23.9. The number of fused-ring (bicyclic) bond motifs is 1. The van der Waals surface area contributed by atoms with E-state index in [1.54, 1.807) is 19.4 Å². The number of benzene rings is 1. The molecule has 2 aliphatic rings. The molecule has 4 heterocycles. The Hall–Kier alpha value is -2.81. The van der Waals surface area contributed by atoms with E-state index in [4.69, 9.17) is 38.1 Å². The van der Waals surface area contributed by atoms with E-state index in [0.29, 0.717) is 30.7 Å². The number of carbonyl (C=O) groups is 1. The molecule has 7 nitrogen and oxygen atoms in total. The van der Waals surface area contributed by atoms with Crippen molar-refractivity contribution in [2.75, 3.05) is 25.4 Å². The molecule has 0 aliphatic carbocycles. The Balaban J connectivity index is 1.41. The molecule has 1 aromatic carbocycles. The van der Waals surface area contributed by atoms with Crippen LogP contribution in [0.5, 0.6) is 5.75 Å². The Kier molecular flexibility index (Phi) is 6.61.